The Balaban J connectivity index is 1.12. The second-order valence-electron chi connectivity index (χ2n) is 12.8. The molecule has 2 bridgehead atoms. The van der Waals surface area contributed by atoms with E-state index in [1.807, 2.05) is 12.1 Å². The predicted octanol–water partition coefficient (Wildman–Crippen LogP) is 5.70. The van der Waals surface area contributed by atoms with Crippen LogP contribution in [0.2, 0.25) is 0 Å². The molecule has 5 heteroatoms. The molecule has 1 saturated carbocycles. The van der Waals surface area contributed by atoms with E-state index in [2.05, 4.69) is 82.7 Å². The minimum absolute atomic E-state index is 0.0356. The number of aryl methyl sites for hydroxylation is 1. The number of carbonyl (C=O) groups excluding carboxylic acids is 1. The summed E-state index contributed by atoms with van der Waals surface area (Å²) in [5.74, 6) is 0.939. The molecule has 3 aromatic carbocycles. The topological polar surface area (TPSA) is 55.8 Å². The number of carbonyl (C=O) groups is 1. The SMILES string of the molecule is CC1CN(CCCc2ccccc2)C2C[C@H](NC(=O)CCN3CCc4ccccc4C3)CC1(c1cccc(O)c1)C2. The van der Waals surface area contributed by atoms with Gasteiger partial charge in [0.05, 0.1) is 0 Å². The first-order valence-electron chi connectivity index (χ1n) is 15.6. The van der Waals surface area contributed by atoms with E-state index in [9.17, 15) is 9.90 Å². The number of fused-ring (bicyclic) bond motifs is 3. The van der Waals surface area contributed by atoms with E-state index >= 15 is 0 Å². The third-order valence-electron chi connectivity index (χ3n) is 10.1. The van der Waals surface area contributed by atoms with Crippen molar-refractivity contribution in [1.82, 2.24) is 15.1 Å². The number of amides is 1. The maximum Gasteiger partial charge on any atom is 0.221 e. The molecule has 2 N–H and O–H groups in total. The van der Waals surface area contributed by atoms with Crippen molar-refractivity contribution in [2.45, 2.75) is 75.9 Å². The molecule has 0 radical (unpaired) electrons. The molecule has 2 heterocycles. The molecule has 3 unspecified atom stereocenters. The van der Waals surface area contributed by atoms with Gasteiger partial charge in [0.2, 0.25) is 5.91 Å². The molecule has 41 heavy (non-hydrogen) atoms. The Hall–Kier alpha value is -3.15. The number of hydrogen-bond acceptors (Lipinski definition) is 4. The van der Waals surface area contributed by atoms with E-state index < -0.39 is 0 Å². The number of benzene rings is 3. The molecule has 1 amide bonds. The first kappa shape index (κ1) is 28.0. The summed E-state index contributed by atoms with van der Waals surface area (Å²) in [6.45, 7) is 7.28. The van der Waals surface area contributed by atoms with Gasteiger partial charge in [-0.3, -0.25) is 14.6 Å². The van der Waals surface area contributed by atoms with E-state index in [1.54, 1.807) is 6.07 Å². The van der Waals surface area contributed by atoms with Gasteiger partial charge in [0.1, 0.15) is 5.75 Å². The van der Waals surface area contributed by atoms with Crippen LogP contribution in [-0.4, -0.2) is 59.1 Å². The number of likely N-dealkylation sites (tertiary alicyclic amines) is 1. The van der Waals surface area contributed by atoms with Crippen LogP contribution in [-0.2, 0) is 29.6 Å². The van der Waals surface area contributed by atoms with Gasteiger partial charge >= 0.3 is 0 Å². The van der Waals surface area contributed by atoms with Crippen LogP contribution in [0.1, 0.15) is 61.3 Å². The highest BCUT2D eigenvalue weighted by atomic mass is 16.3. The molecule has 2 aliphatic heterocycles. The Morgan fingerprint density at radius 3 is 2.61 bits per heavy atom. The Kier molecular flexibility index (Phi) is 8.45. The summed E-state index contributed by atoms with van der Waals surface area (Å²) in [5, 5.41) is 13.9. The van der Waals surface area contributed by atoms with E-state index in [4.69, 9.17) is 0 Å². The van der Waals surface area contributed by atoms with Crippen LogP contribution in [0.15, 0.2) is 78.9 Å². The third-order valence-corrected chi connectivity index (χ3v) is 10.1. The maximum atomic E-state index is 13.3. The molecule has 4 atom stereocenters. The number of hydrogen-bond donors (Lipinski definition) is 2. The summed E-state index contributed by atoms with van der Waals surface area (Å²) in [5.41, 5.74) is 5.43. The van der Waals surface area contributed by atoms with Crippen LogP contribution in [0.3, 0.4) is 0 Å². The largest absolute Gasteiger partial charge is 0.508 e. The third kappa shape index (κ3) is 6.37. The summed E-state index contributed by atoms with van der Waals surface area (Å²) in [7, 11) is 0. The van der Waals surface area contributed by atoms with Gasteiger partial charge in [-0.2, -0.15) is 0 Å². The second-order valence-corrected chi connectivity index (χ2v) is 12.8. The summed E-state index contributed by atoms with van der Waals surface area (Å²) in [6.07, 6.45) is 6.86. The van der Waals surface area contributed by atoms with Crippen LogP contribution in [0, 0.1) is 5.92 Å². The smallest absolute Gasteiger partial charge is 0.221 e. The summed E-state index contributed by atoms with van der Waals surface area (Å²) >= 11 is 0. The van der Waals surface area contributed by atoms with Gasteiger partial charge in [-0.25, -0.2) is 0 Å². The number of phenols is 1. The zero-order valence-corrected chi connectivity index (χ0v) is 24.5. The van der Waals surface area contributed by atoms with Crippen LogP contribution in [0.4, 0.5) is 0 Å². The number of piperidine rings is 1. The number of nitrogens with one attached hydrogen (secondary N) is 1. The van der Waals surface area contributed by atoms with E-state index in [0.29, 0.717) is 24.1 Å². The van der Waals surface area contributed by atoms with Gasteiger partial charge in [-0.1, -0.05) is 73.7 Å². The molecule has 0 spiro atoms. The van der Waals surface area contributed by atoms with E-state index in [0.717, 1.165) is 71.2 Å². The first-order valence-corrected chi connectivity index (χ1v) is 15.6. The standard InChI is InChI=1S/C36H45N3O2/c1-27-25-39(18-8-11-28-9-3-2-4-10-28)33-22-32(23-36(27,24-33)31-14-7-15-34(40)21-31)37-35(41)17-20-38-19-16-29-12-5-6-13-30(29)26-38/h2-7,9-10,12-15,21,27,32-33,40H,8,11,16-20,22-26H2,1H3,(H,37,41)/t27?,32-,33?,36?/m0/s1. The zero-order chi connectivity index (χ0) is 28.2. The Bertz CT molecular complexity index is 1330. The molecule has 0 aromatic heterocycles. The summed E-state index contributed by atoms with van der Waals surface area (Å²) < 4.78 is 0. The molecular weight excluding hydrogens is 506 g/mol. The van der Waals surface area contributed by atoms with Crippen molar-refractivity contribution in [3.63, 3.8) is 0 Å². The molecule has 5 nitrogen and oxygen atoms in total. The van der Waals surface area contributed by atoms with Gasteiger partial charge < -0.3 is 10.4 Å². The average Bonchev–Trinajstić information content (AvgIpc) is 2.99. The molecule has 1 aliphatic carbocycles. The van der Waals surface area contributed by atoms with Crippen molar-refractivity contribution >= 4 is 5.91 Å². The quantitative estimate of drug-likeness (QED) is 0.358. The lowest BCUT2D eigenvalue weighted by atomic mass is 9.57. The Morgan fingerprint density at radius 1 is 0.976 bits per heavy atom. The van der Waals surface area contributed by atoms with Crippen LogP contribution < -0.4 is 5.32 Å². The fourth-order valence-corrected chi connectivity index (χ4v) is 7.95. The van der Waals surface area contributed by atoms with Crippen molar-refractivity contribution in [2.24, 2.45) is 5.92 Å². The highest BCUT2D eigenvalue weighted by Gasteiger charge is 2.51. The summed E-state index contributed by atoms with van der Waals surface area (Å²) in [6, 6.07) is 27.9. The molecule has 6 rings (SSSR count). The molecule has 2 fully saturated rings. The molecule has 3 aromatic rings. The molecule has 1 saturated heterocycles. The van der Waals surface area contributed by atoms with Gasteiger partial charge in [0.25, 0.3) is 0 Å². The fraction of sp³-hybridized carbons (Fsp3) is 0.472. The normalized spacial score (nSPS) is 26.3. The lowest BCUT2D eigenvalue weighted by molar-refractivity contribution is -0.123. The fourth-order valence-electron chi connectivity index (χ4n) is 7.95. The second kappa shape index (κ2) is 12.4. The van der Waals surface area contributed by atoms with Gasteiger partial charge in [-0.15, -0.1) is 0 Å². The van der Waals surface area contributed by atoms with Crippen molar-refractivity contribution in [2.75, 3.05) is 26.2 Å². The van der Waals surface area contributed by atoms with Crippen molar-refractivity contribution in [3.05, 3.63) is 101 Å². The lowest BCUT2D eigenvalue weighted by Crippen LogP contribution is -2.61. The van der Waals surface area contributed by atoms with E-state index in [-0.39, 0.29) is 17.4 Å². The number of aromatic hydroxyl groups is 1. The van der Waals surface area contributed by atoms with Gasteiger partial charge in [0, 0.05) is 50.1 Å². The highest BCUT2D eigenvalue weighted by molar-refractivity contribution is 5.76. The van der Waals surface area contributed by atoms with Crippen LogP contribution in [0.25, 0.3) is 0 Å². The number of rotatable bonds is 9. The van der Waals surface area contributed by atoms with Crippen LogP contribution in [0.5, 0.6) is 5.75 Å². The number of nitrogens with zero attached hydrogens (tertiary/aromatic N) is 2. The zero-order valence-electron chi connectivity index (χ0n) is 24.5. The minimum atomic E-state index is -0.0356. The number of phenolic OH excluding ortho intramolecular Hbond substituents is 1. The molecular formula is C36H45N3O2. The Morgan fingerprint density at radius 2 is 1.78 bits per heavy atom. The average molecular weight is 552 g/mol. The van der Waals surface area contributed by atoms with Gasteiger partial charge in [-0.05, 0) is 85.4 Å². The van der Waals surface area contributed by atoms with Crippen LogP contribution >= 0.6 is 0 Å². The minimum Gasteiger partial charge on any atom is -0.508 e. The summed E-state index contributed by atoms with van der Waals surface area (Å²) in [4.78, 5) is 18.4. The lowest BCUT2D eigenvalue weighted by Gasteiger charge is -2.56. The Labute approximate surface area is 245 Å². The molecule has 216 valence electrons. The maximum absolute atomic E-state index is 13.3. The van der Waals surface area contributed by atoms with Crippen molar-refractivity contribution in [1.29, 1.82) is 0 Å². The predicted molar refractivity (Wildman–Crippen MR) is 165 cm³/mol. The first-order chi connectivity index (χ1) is 20.0. The van der Waals surface area contributed by atoms with Crippen molar-refractivity contribution < 1.29 is 9.90 Å². The monoisotopic (exact) mass is 551 g/mol. The van der Waals surface area contributed by atoms with Crippen molar-refractivity contribution in [3.8, 4) is 5.75 Å². The van der Waals surface area contributed by atoms with Gasteiger partial charge in [0.15, 0.2) is 0 Å². The molecule has 3 aliphatic rings. The van der Waals surface area contributed by atoms with E-state index in [1.165, 1.54) is 22.3 Å². The highest BCUT2D eigenvalue weighted by Crippen LogP contribution is 2.50.